The van der Waals surface area contributed by atoms with Crippen molar-refractivity contribution < 1.29 is 19.4 Å². The fourth-order valence-corrected chi connectivity index (χ4v) is 1.80. The summed E-state index contributed by atoms with van der Waals surface area (Å²) in [6.45, 7) is 2.03. The molecule has 0 amide bonds. The van der Waals surface area contributed by atoms with Gasteiger partial charge in [0.05, 0.1) is 20.0 Å². The number of aliphatic hydroxyl groups excluding tert-OH is 1. The second-order valence-corrected chi connectivity index (χ2v) is 4.27. The molecule has 120 valence electrons. The smallest absolute Gasteiger partial charge is 0.342 e. The second-order valence-electron chi connectivity index (χ2n) is 4.27. The van der Waals surface area contributed by atoms with Crippen molar-refractivity contribution in [2.24, 2.45) is 4.99 Å². The number of hydrogen-bond acceptors (Lipinski definition) is 7. The van der Waals surface area contributed by atoms with Gasteiger partial charge in [0, 0.05) is 12.4 Å². The van der Waals surface area contributed by atoms with E-state index in [2.05, 4.69) is 14.7 Å². The van der Waals surface area contributed by atoms with Crippen molar-refractivity contribution in [2.45, 2.75) is 6.92 Å². The molecular formula is C15H15N3O5. The highest BCUT2D eigenvalue weighted by molar-refractivity contribution is 6.09. The lowest BCUT2D eigenvalue weighted by Crippen LogP contribution is -2.16. The van der Waals surface area contributed by atoms with E-state index in [1.807, 2.05) is 0 Å². The van der Waals surface area contributed by atoms with E-state index in [0.717, 1.165) is 13.3 Å². The number of ether oxygens (including phenoxy) is 2. The van der Waals surface area contributed by atoms with E-state index >= 15 is 0 Å². The Labute approximate surface area is 131 Å². The van der Waals surface area contributed by atoms with Crippen LogP contribution in [-0.2, 0) is 9.53 Å². The van der Waals surface area contributed by atoms with E-state index in [1.54, 1.807) is 31.3 Å². The number of pyridine rings is 1. The number of nitrogens with zero attached hydrogens (tertiary/aromatic N) is 3. The molecule has 0 aliphatic rings. The quantitative estimate of drug-likeness (QED) is 0.387. The Morgan fingerprint density at radius 3 is 2.91 bits per heavy atom. The van der Waals surface area contributed by atoms with Crippen molar-refractivity contribution in [3.05, 3.63) is 46.6 Å². The lowest BCUT2D eigenvalue weighted by atomic mass is 10.3. The number of fused-ring (bicyclic) bond motifs is 1. The van der Waals surface area contributed by atoms with Crippen LogP contribution >= 0.6 is 0 Å². The van der Waals surface area contributed by atoms with Crippen molar-refractivity contribution in [2.75, 3.05) is 13.7 Å². The Balaban J connectivity index is 2.58. The molecule has 0 saturated heterocycles. The molecule has 8 nitrogen and oxygen atoms in total. The summed E-state index contributed by atoms with van der Waals surface area (Å²) in [6, 6.07) is 5.08. The summed E-state index contributed by atoms with van der Waals surface area (Å²) in [7, 11) is 1.16. The molecule has 0 fully saturated rings. The van der Waals surface area contributed by atoms with Crippen LogP contribution in [0.4, 0.5) is 5.69 Å². The van der Waals surface area contributed by atoms with Crippen molar-refractivity contribution in [1.82, 2.24) is 9.38 Å². The number of esters is 1. The van der Waals surface area contributed by atoms with E-state index in [-0.39, 0.29) is 23.7 Å². The zero-order valence-electron chi connectivity index (χ0n) is 12.6. The predicted molar refractivity (Wildman–Crippen MR) is 83.5 cm³/mol. The molecule has 0 aromatic carbocycles. The fourth-order valence-electron chi connectivity index (χ4n) is 1.80. The normalized spacial score (nSPS) is 11.8. The van der Waals surface area contributed by atoms with Gasteiger partial charge < -0.3 is 14.6 Å². The topological polar surface area (TPSA) is 102 Å². The van der Waals surface area contributed by atoms with Gasteiger partial charge in [0.2, 0.25) is 5.88 Å². The maximum absolute atomic E-state index is 12.5. The Morgan fingerprint density at radius 1 is 1.48 bits per heavy atom. The zero-order chi connectivity index (χ0) is 16.8. The van der Waals surface area contributed by atoms with Crippen LogP contribution in [0.1, 0.15) is 6.92 Å². The molecule has 0 spiro atoms. The summed E-state index contributed by atoms with van der Waals surface area (Å²) >= 11 is 0. The average molecular weight is 317 g/mol. The number of aromatic nitrogens is 2. The second kappa shape index (κ2) is 7.21. The van der Waals surface area contributed by atoms with Gasteiger partial charge in [-0.2, -0.15) is 4.98 Å². The molecule has 0 saturated carbocycles. The third kappa shape index (κ3) is 3.37. The minimum atomic E-state index is -0.789. The third-order valence-corrected chi connectivity index (χ3v) is 2.85. The van der Waals surface area contributed by atoms with Gasteiger partial charge in [-0.15, -0.1) is 0 Å². The molecule has 0 aliphatic carbocycles. The van der Waals surface area contributed by atoms with Gasteiger partial charge in [-0.25, -0.2) is 9.79 Å². The molecule has 1 N–H and O–H groups in total. The maximum Gasteiger partial charge on any atom is 0.342 e. The van der Waals surface area contributed by atoms with Crippen LogP contribution in [0, 0.1) is 0 Å². The van der Waals surface area contributed by atoms with Crippen molar-refractivity contribution in [3.63, 3.8) is 0 Å². The largest absolute Gasteiger partial charge is 0.515 e. The lowest BCUT2D eigenvalue weighted by molar-refractivity contribution is -0.135. The van der Waals surface area contributed by atoms with Crippen molar-refractivity contribution >= 4 is 23.5 Å². The van der Waals surface area contributed by atoms with Crippen molar-refractivity contribution in [3.8, 4) is 5.88 Å². The number of hydrogen-bond donors (Lipinski definition) is 1. The molecule has 0 aliphatic heterocycles. The van der Waals surface area contributed by atoms with Gasteiger partial charge in [0.25, 0.3) is 5.56 Å². The molecule has 2 aromatic heterocycles. The molecule has 2 aromatic rings. The van der Waals surface area contributed by atoms with E-state index in [9.17, 15) is 9.59 Å². The van der Waals surface area contributed by atoms with Crippen LogP contribution in [0.15, 0.2) is 46.0 Å². The lowest BCUT2D eigenvalue weighted by Gasteiger charge is -2.07. The molecule has 23 heavy (non-hydrogen) atoms. The Hall–Kier alpha value is -3.16. The number of methoxy groups -OCH3 is 1. The van der Waals surface area contributed by atoms with Gasteiger partial charge in [-0.3, -0.25) is 9.20 Å². The molecule has 2 rings (SSSR count). The number of carbonyl (C=O) groups excluding carboxylic acids is 1. The molecule has 0 bridgehead atoms. The predicted octanol–water partition coefficient (Wildman–Crippen LogP) is 1.41. The minimum absolute atomic E-state index is 0.0436. The number of rotatable bonds is 5. The standard InChI is InChI=1S/C15H15N3O5/c1-3-23-13-12(16-8-10(9-19)15(21)22-2)14(20)18-7-5-4-6-11(18)17-13/h4-9,19H,3H2,1-2H3/b10-9-,16-8?. The molecular weight excluding hydrogens is 302 g/mol. The SMILES string of the molecule is CCOc1nc2ccccn2c(=O)c1N=C/C(=C/O)C(=O)OC. The van der Waals surface area contributed by atoms with Gasteiger partial charge in [0.15, 0.2) is 5.69 Å². The van der Waals surface area contributed by atoms with Crippen LogP contribution in [0.2, 0.25) is 0 Å². The fraction of sp³-hybridized carbons (Fsp3) is 0.200. The highest BCUT2D eigenvalue weighted by Gasteiger charge is 2.14. The molecule has 0 atom stereocenters. The monoisotopic (exact) mass is 317 g/mol. The summed E-state index contributed by atoms with van der Waals surface area (Å²) in [5, 5.41) is 9.03. The Kier molecular flexibility index (Phi) is 5.08. The van der Waals surface area contributed by atoms with Gasteiger partial charge >= 0.3 is 5.97 Å². The number of aliphatic hydroxyl groups is 1. The highest BCUT2D eigenvalue weighted by Crippen LogP contribution is 2.21. The summed E-state index contributed by atoms with van der Waals surface area (Å²) in [6.07, 6.45) is 3.10. The molecule has 0 unspecified atom stereocenters. The Bertz CT molecular complexity index is 839. The summed E-state index contributed by atoms with van der Waals surface area (Å²) < 4.78 is 11.1. The molecule has 2 heterocycles. The van der Waals surface area contributed by atoms with Crippen LogP contribution in [0.5, 0.6) is 5.88 Å². The van der Waals surface area contributed by atoms with Gasteiger partial charge in [0.1, 0.15) is 11.2 Å². The summed E-state index contributed by atoms with van der Waals surface area (Å²) in [5.41, 5.74) is -0.352. The first-order valence-corrected chi connectivity index (χ1v) is 6.73. The van der Waals surface area contributed by atoms with Crippen LogP contribution in [0.3, 0.4) is 0 Å². The van der Waals surface area contributed by atoms with E-state index in [0.29, 0.717) is 11.9 Å². The summed E-state index contributed by atoms with van der Waals surface area (Å²) in [4.78, 5) is 32.1. The first-order chi connectivity index (χ1) is 11.1. The zero-order valence-corrected chi connectivity index (χ0v) is 12.6. The van der Waals surface area contributed by atoms with Gasteiger partial charge in [-0.1, -0.05) is 6.07 Å². The van der Waals surface area contributed by atoms with E-state index in [1.165, 1.54) is 4.40 Å². The molecule has 8 heteroatoms. The van der Waals surface area contributed by atoms with Gasteiger partial charge in [-0.05, 0) is 19.1 Å². The average Bonchev–Trinajstić information content (AvgIpc) is 2.57. The number of aliphatic imine (C=N–C) groups is 1. The van der Waals surface area contributed by atoms with Crippen LogP contribution in [0.25, 0.3) is 5.65 Å². The van der Waals surface area contributed by atoms with Crippen molar-refractivity contribution in [1.29, 1.82) is 0 Å². The molecule has 0 radical (unpaired) electrons. The first-order valence-electron chi connectivity index (χ1n) is 6.73. The Morgan fingerprint density at radius 2 is 2.26 bits per heavy atom. The minimum Gasteiger partial charge on any atom is -0.515 e. The maximum atomic E-state index is 12.5. The van der Waals surface area contributed by atoms with Crippen LogP contribution < -0.4 is 10.3 Å². The first kappa shape index (κ1) is 16.2. The summed E-state index contributed by atoms with van der Waals surface area (Å²) in [5.74, 6) is -0.745. The van der Waals surface area contributed by atoms with Crippen LogP contribution in [-0.4, -0.2) is 40.4 Å². The highest BCUT2D eigenvalue weighted by atomic mass is 16.5. The van der Waals surface area contributed by atoms with E-state index in [4.69, 9.17) is 9.84 Å². The number of carbonyl (C=O) groups is 1. The van der Waals surface area contributed by atoms with E-state index < -0.39 is 11.5 Å². The third-order valence-electron chi connectivity index (χ3n) is 2.85.